The van der Waals surface area contributed by atoms with Gasteiger partial charge in [-0.3, -0.25) is 9.59 Å². The third-order valence-corrected chi connectivity index (χ3v) is 4.14. The number of benzene rings is 3. The predicted molar refractivity (Wildman–Crippen MR) is 106 cm³/mol. The van der Waals surface area contributed by atoms with Gasteiger partial charge in [0, 0.05) is 18.5 Å². The summed E-state index contributed by atoms with van der Waals surface area (Å²) in [6, 6.07) is 16.9. The number of carbonyl (C=O) groups excluding carboxylic acids is 2. The first kappa shape index (κ1) is 19.8. The Kier molecular flexibility index (Phi) is 5.99. The van der Waals surface area contributed by atoms with Crippen molar-refractivity contribution in [2.45, 2.75) is 6.42 Å². The summed E-state index contributed by atoms with van der Waals surface area (Å²) in [7, 11) is 0. The van der Waals surface area contributed by atoms with Crippen molar-refractivity contribution in [2.75, 3.05) is 6.54 Å². The van der Waals surface area contributed by atoms with Crippen LogP contribution in [0.5, 0.6) is 28.7 Å². The van der Waals surface area contributed by atoms with Gasteiger partial charge in [0.05, 0.1) is 5.56 Å². The van der Waals surface area contributed by atoms with E-state index in [9.17, 15) is 24.9 Å². The van der Waals surface area contributed by atoms with Gasteiger partial charge in [0.2, 0.25) is 0 Å². The molecule has 0 aliphatic heterocycles. The maximum absolute atomic E-state index is 12.2. The molecule has 0 saturated carbocycles. The number of para-hydroxylation sites is 1. The molecule has 0 bridgehead atoms. The number of hydrogen-bond acceptors (Lipinski definition) is 6. The van der Waals surface area contributed by atoms with Crippen LogP contribution in [-0.4, -0.2) is 33.6 Å². The molecule has 0 unspecified atom stereocenters. The number of rotatable bonds is 7. The number of amides is 1. The van der Waals surface area contributed by atoms with Gasteiger partial charge in [-0.15, -0.1) is 0 Å². The Morgan fingerprint density at radius 2 is 1.45 bits per heavy atom. The number of nitrogens with one attached hydrogen (secondary N) is 1. The van der Waals surface area contributed by atoms with Crippen molar-refractivity contribution in [3.8, 4) is 28.7 Å². The fourth-order valence-corrected chi connectivity index (χ4v) is 2.61. The zero-order valence-electron chi connectivity index (χ0n) is 15.3. The molecule has 0 aromatic heterocycles. The van der Waals surface area contributed by atoms with E-state index in [4.69, 9.17) is 4.74 Å². The highest BCUT2D eigenvalue weighted by atomic mass is 16.5. The Bertz CT molecular complexity index is 1010. The van der Waals surface area contributed by atoms with Crippen LogP contribution in [-0.2, 0) is 0 Å². The summed E-state index contributed by atoms with van der Waals surface area (Å²) in [5.41, 5.74) is 0.408. The van der Waals surface area contributed by atoms with E-state index in [-0.39, 0.29) is 35.9 Å². The quantitative estimate of drug-likeness (QED) is 0.360. The summed E-state index contributed by atoms with van der Waals surface area (Å²) in [5, 5.41) is 31.1. The van der Waals surface area contributed by atoms with Crippen LogP contribution in [0.4, 0.5) is 0 Å². The average molecular weight is 393 g/mol. The topological polar surface area (TPSA) is 116 Å². The first-order chi connectivity index (χ1) is 13.9. The average Bonchev–Trinajstić information content (AvgIpc) is 2.72. The molecule has 1 amide bonds. The summed E-state index contributed by atoms with van der Waals surface area (Å²) < 4.78 is 5.62. The Morgan fingerprint density at radius 1 is 0.828 bits per heavy atom. The molecule has 0 aliphatic carbocycles. The van der Waals surface area contributed by atoms with Gasteiger partial charge >= 0.3 is 0 Å². The van der Waals surface area contributed by atoms with Gasteiger partial charge in [-0.05, 0) is 60.7 Å². The fraction of sp³-hybridized carbons (Fsp3) is 0.0909. The van der Waals surface area contributed by atoms with Crippen molar-refractivity contribution >= 4 is 11.7 Å². The molecule has 0 atom stereocenters. The summed E-state index contributed by atoms with van der Waals surface area (Å²) in [4.78, 5) is 24.3. The van der Waals surface area contributed by atoms with Gasteiger partial charge < -0.3 is 25.4 Å². The lowest BCUT2D eigenvalue weighted by molar-refractivity contribution is 0.0939. The highest BCUT2D eigenvalue weighted by Crippen LogP contribution is 2.29. The Labute approximate surface area is 166 Å². The third-order valence-electron chi connectivity index (χ3n) is 4.14. The smallest absolute Gasteiger partial charge is 0.251 e. The third kappa shape index (κ3) is 5.04. The van der Waals surface area contributed by atoms with Crippen molar-refractivity contribution in [2.24, 2.45) is 0 Å². The van der Waals surface area contributed by atoms with Crippen LogP contribution >= 0.6 is 0 Å². The number of ketones is 1. The summed E-state index contributed by atoms with van der Waals surface area (Å²) >= 11 is 0. The minimum absolute atomic E-state index is 0.00924. The molecule has 3 aromatic carbocycles. The van der Waals surface area contributed by atoms with Gasteiger partial charge in [-0.2, -0.15) is 0 Å². The molecule has 29 heavy (non-hydrogen) atoms. The summed E-state index contributed by atoms with van der Waals surface area (Å²) in [6.07, 6.45) is -0.0230. The molecule has 0 spiro atoms. The highest BCUT2D eigenvalue weighted by molar-refractivity contribution is 6.00. The number of Topliss-reactive ketones (excluding diaryl/α,β-unsaturated/α-hetero) is 1. The second-order valence-corrected chi connectivity index (χ2v) is 6.22. The minimum atomic E-state index is -0.465. The Balaban J connectivity index is 1.52. The first-order valence-corrected chi connectivity index (χ1v) is 8.83. The monoisotopic (exact) mass is 393 g/mol. The van der Waals surface area contributed by atoms with Crippen LogP contribution in [0.2, 0.25) is 0 Å². The van der Waals surface area contributed by atoms with Crippen molar-refractivity contribution in [3.63, 3.8) is 0 Å². The van der Waals surface area contributed by atoms with Gasteiger partial charge in [0.15, 0.2) is 17.3 Å². The lowest BCUT2D eigenvalue weighted by Crippen LogP contribution is -2.26. The molecular formula is C22H19NO6. The molecule has 7 heteroatoms. The van der Waals surface area contributed by atoms with Gasteiger partial charge in [-0.1, -0.05) is 6.07 Å². The molecule has 0 saturated heterocycles. The molecular weight excluding hydrogens is 374 g/mol. The molecule has 3 rings (SSSR count). The van der Waals surface area contributed by atoms with Crippen molar-refractivity contribution in [1.82, 2.24) is 5.32 Å². The van der Waals surface area contributed by atoms with E-state index in [0.29, 0.717) is 17.1 Å². The van der Waals surface area contributed by atoms with E-state index in [1.807, 2.05) is 0 Å². The molecule has 0 radical (unpaired) electrons. The largest absolute Gasteiger partial charge is 0.508 e. The van der Waals surface area contributed by atoms with E-state index in [2.05, 4.69) is 5.32 Å². The molecule has 0 fully saturated rings. The number of ether oxygens (including phenoxy) is 1. The van der Waals surface area contributed by atoms with Gasteiger partial charge in [0.1, 0.15) is 17.2 Å². The van der Waals surface area contributed by atoms with Crippen molar-refractivity contribution in [1.29, 1.82) is 0 Å². The van der Waals surface area contributed by atoms with Crippen LogP contribution in [0.3, 0.4) is 0 Å². The maximum Gasteiger partial charge on any atom is 0.251 e. The zero-order valence-corrected chi connectivity index (χ0v) is 15.3. The normalized spacial score (nSPS) is 10.3. The molecule has 0 aliphatic rings. The summed E-state index contributed by atoms with van der Waals surface area (Å²) in [6.45, 7) is 0.0819. The number of hydrogen-bond donors (Lipinski definition) is 4. The van der Waals surface area contributed by atoms with Crippen LogP contribution < -0.4 is 10.1 Å². The number of phenolic OH excluding ortho intramolecular Hbond substituents is 3. The van der Waals surface area contributed by atoms with E-state index < -0.39 is 11.5 Å². The molecule has 4 N–H and O–H groups in total. The predicted octanol–water partition coefficient (Wildman–Crippen LogP) is 3.60. The van der Waals surface area contributed by atoms with Crippen LogP contribution in [0.1, 0.15) is 27.1 Å². The summed E-state index contributed by atoms with van der Waals surface area (Å²) in [5.74, 6) is -0.356. The van der Waals surface area contributed by atoms with E-state index in [0.717, 1.165) is 0 Å². The maximum atomic E-state index is 12.2. The minimum Gasteiger partial charge on any atom is -0.508 e. The fourth-order valence-electron chi connectivity index (χ4n) is 2.61. The highest BCUT2D eigenvalue weighted by Gasteiger charge is 2.14. The van der Waals surface area contributed by atoms with E-state index in [1.165, 1.54) is 30.3 Å². The van der Waals surface area contributed by atoms with Gasteiger partial charge in [0.25, 0.3) is 5.91 Å². The SMILES string of the molecule is O=C(NCCC(=O)c1cccc(O)c1O)c1ccc(Oc2ccc(O)cc2)cc1. The van der Waals surface area contributed by atoms with Crippen molar-refractivity contribution < 1.29 is 29.6 Å². The van der Waals surface area contributed by atoms with E-state index >= 15 is 0 Å². The second kappa shape index (κ2) is 8.79. The Hall–Kier alpha value is -4.00. The number of carbonyl (C=O) groups is 2. The zero-order chi connectivity index (χ0) is 20.8. The second-order valence-electron chi connectivity index (χ2n) is 6.22. The van der Waals surface area contributed by atoms with Crippen molar-refractivity contribution in [3.05, 3.63) is 77.9 Å². The standard InChI is InChI=1S/C22H19NO6/c24-15-6-10-17(11-7-15)29-16-8-4-14(5-9-16)22(28)23-13-12-19(25)18-2-1-3-20(26)21(18)27/h1-11,24,26-27H,12-13H2,(H,23,28). The van der Waals surface area contributed by atoms with Crippen LogP contribution in [0, 0.1) is 0 Å². The molecule has 3 aromatic rings. The van der Waals surface area contributed by atoms with Crippen LogP contribution in [0.25, 0.3) is 0 Å². The van der Waals surface area contributed by atoms with Crippen LogP contribution in [0.15, 0.2) is 66.7 Å². The number of phenols is 3. The lowest BCUT2D eigenvalue weighted by atomic mass is 10.1. The lowest BCUT2D eigenvalue weighted by Gasteiger charge is -2.08. The Morgan fingerprint density at radius 3 is 2.10 bits per heavy atom. The molecule has 7 nitrogen and oxygen atoms in total. The van der Waals surface area contributed by atoms with E-state index in [1.54, 1.807) is 36.4 Å². The first-order valence-electron chi connectivity index (χ1n) is 8.83. The number of aromatic hydroxyl groups is 3. The van der Waals surface area contributed by atoms with Gasteiger partial charge in [-0.25, -0.2) is 0 Å². The molecule has 0 heterocycles. The molecule has 148 valence electrons.